The molecule has 3 aromatic rings. The molecule has 2 aromatic heterocycles. The van der Waals surface area contributed by atoms with Crippen molar-refractivity contribution in [2.45, 2.75) is 45.4 Å². The molecule has 1 atom stereocenters. The summed E-state index contributed by atoms with van der Waals surface area (Å²) in [6.45, 7) is 5.30. The molecule has 12 heteroatoms. The fourth-order valence-corrected chi connectivity index (χ4v) is 4.54. The highest BCUT2D eigenvalue weighted by molar-refractivity contribution is 5.94. The number of hydrogen-bond acceptors (Lipinski definition) is 7. The van der Waals surface area contributed by atoms with Gasteiger partial charge in [0.2, 0.25) is 5.91 Å². The van der Waals surface area contributed by atoms with Crippen molar-refractivity contribution in [2.75, 3.05) is 29.9 Å². The third kappa shape index (κ3) is 4.56. The molecule has 1 saturated heterocycles. The molecule has 1 aromatic carbocycles. The van der Waals surface area contributed by atoms with Crippen LogP contribution in [0.4, 0.5) is 24.7 Å². The topological polar surface area (TPSA) is 93.9 Å². The fourth-order valence-electron chi connectivity index (χ4n) is 4.54. The van der Waals surface area contributed by atoms with Crippen LogP contribution < -0.4 is 19.7 Å². The average molecular weight is 490 g/mol. The molecule has 35 heavy (non-hydrogen) atoms. The molecule has 1 N–H and O–H groups in total. The Balaban J connectivity index is 1.26. The molecule has 0 saturated carbocycles. The maximum atomic E-state index is 13.2. The molecule has 5 rings (SSSR count). The molecule has 186 valence electrons. The van der Waals surface area contributed by atoms with Crippen molar-refractivity contribution in [3.8, 4) is 11.5 Å². The highest BCUT2D eigenvalue weighted by Gasteiger charge is 2.38. The number of nitrogens with one attached hydrogen (secondary N) is 1. The van der Waals surface area contributed by atoms with Crippen LogP contribution in [0.15, 0.2) is 24.3 Å². The lowest BCUT2D eigenvalue weighted by Gasteiger charge is -2.32. The number of anilines is 2. The number of ether oxygens (including phenoxy) is 2. The van der Waals surface area contributed by atoms with Crippen molar-refractivity contribution in [3.63, 3.8) is 0 Å². The average Bonchev–Trinajstić information content (AvgIpc) is 3.41. The standard InChI is InChI=1S/C23H25F3N6O3/c1-3-34-18-11-15-10-13(2)35-17(15)12-16(18)27-21(33)14-6-8-31(9-7-14)20-5-4-19-28-29-22(23(24,25)26)32(19)30-20/h4-5,11-14H,3,6-10H2,1-2H3,(H,27,33). The normalized spacial score (nSPS) is 18.4. The Labute approximate surface area is 199 Å². The van der Waals surface area contributed by atoms with Gasteiger partial charge in [0.05, 0.1) is 12.3 Å². The van der Waals surface area contributed by atoms with Crippen LogP contribution in [0.3, 0.4) is 0 Å². The zero-order valence-corrected chi connectivity index (χ0v) is 19.3. The van der Waals surface area contributed by atoms with Gasteiger partial charge < -0.3 is 19.7 Å². The number of carbonyl (C=O) groups is 1. The molecule has 0 bridgehead atoms. The number of carbonyl (C=O) groups excluding carboxylic acids is 1. The summed E-state index contributed by atoms with van der Waals surface area (Å²) in [5.41, 5.74) is 1.65. The molecule has 1 amide bonds. The Morgan fingerprint density at radius 1 is 1.23 bits per heavy atom. The fraction of sp³-hybridized carbons (Fsp3) is 0.478. The first-order chi connectivity index (χ1) is 16.7. The van der Waals surface area contributed by atoms with Crippen LogP contribution in [0.25, 0.3) is 5.65 Å². The van der Waals surface area contributed by atoms with Gasteiger partial charge in [-0.15, -0.1) is 15.3 Å². The lowest BCUT2D eigenvalue weighted by molar-refractivity contribution is -0.146. The third-order valence-corrected chi connectivity index (χ3v) is 6.25. The number of halogens is 3. The molecule has 0 aliphatic carbocycles. The molecule has 9 nitrogen and oxygen atoms in total. The summed E-state index contributed by atoms with van der Waals surface area (Å²) in [6, 6.07) is 6.80. The van der Waals surface area contributed by atoms with Gasteiger partial charge >= 0.3 is 6.18 Å². The van der Waals surface area contributed by atoms with E-state index < -0.39 is 12.0 Å². The first-order valence-corrected chi connectivity index (χ1v) is 11.5. The van der Waals surface area contributed by atoms with Gasteiger partial charge in [-0.25, -0.2) is 0 Å². The van der Waals surface area contributed by atoms with Crippen LogP contribution >= 0.6 is 0 Å². The van der Waals surface area contributed by atoms with E-state index >= 15 is 0 Å². The van der Waals surface area contributed by atoms with E-state index in [0.29, 0.717) is 54.3 Å². The van der Waals surface area contributed by atoms with Gasteiger partial charge in [0, 0.05) is 37.1 Å². The summed E-state index contributed by atoms with van der Waals surface area (Å²) < 4.78 is 51.8. The van der Waals surface area contributed by atoms with Gasteiger partial charge in [-0.3, -0.25) is 4.79 Å². The van der Waals surface area contributed by atoms with Crippen LogP contribution in [-0.2, 0) is 17.4 Å². The number of alkyl halides is 3. The second-order valence-electron chi connectivity index (χ2n) is 8.76. The minimum atomic E-state index is -4.66. The highest BCUT2D eigenvalue weighted by atomic mass is 19.4. The molecule has 2 aliphatic heterocycles. The van der Waals surface area contributed by atoms with E-state index in [9.17, 15) is 18.0 Å². The number of nitrogens with zero attached hydrogens (tertiary/aromatic N) is 5. The van der Waals surface area contributed by atoms with Gasteiger partial charge in [0.25, 0.3) is 5.82 Å². The number of amides is 1. The Hall–Kier alpha value is -3.57. The Kier molecular flexibility index (Phi) is 5.89. The minimum absolute atomic E-state index is 0.0214. The summed E-state index contributed by atoms with van der Waals surface area (Å²) in [6.07, 6.45) is -2.73. The van der Waals surface area contributed by atoms with E-state index in [1.54, 1.807) is 6.07 Å². The van der Waals surface area contributed by atoms with Gasteiger partial charge in [0.15, 0.2) is 5.65 Å². The van der Waals surface area contributed by atoms with Crippen LogP contribution in [-0.4, -0.2) is 51.5 Å². The van der Waals surface area contributed by atoms with Crippen molar-refractivity contribution in [1.82, 2.24) is 19.8 Å². The second kappa shape index (κ2) is 8.90. The smallest absolute Gasteiger partial charge is 0.453 e. The summed E-state index contributed by atoms with van der Waals surface area (Å²) >= 11 is 0. The predicted octanol–water partition coefficient (Wildman–Crippen LogP) is 3.72. The summed E-state index contributed by atoms with van der Waals surface area (Å²) in [7, 11) is 0. The van der Waals surface area contributed by atoms with Crippen molar-refractivity contribution in [1.29, 1.82) is 0 Å². The molecular weight excluding hydrogens is 465 g/mol. The van der Waals surface area contributed by atoms with Crippen LogP contribution in [0.1, 0.15) is 38.1 Å². The number of hydrogen-bond donors (Lipinski definition) is 1. The van der Waals surface area contributed by atoms with E-state index in [2.05, 4.69) is 20.6 Å². The summed E-state index contributed by atoms with van der Waals surface area (Å²) in [5, 5.41) is 13.8. The molecule has 4 heterocycles. The molecule has 0 radical (unpaired) electrons. The quantitative estimate of drug-likeness (QED) is 0.583. The number of benzene rings is 1. The van der Waals surface area contributed by atoms with Crippen molar-refractivity contribution in [2.24, 2.45) is 5.92 Å². The molecular formula is C23H25F3N6O3. The minimum Gasteiger partial charge on any atom is -0.492 e. The van der Waals surface area contributed by atoms with Crippen LogP contribution in [0.5, 0.6) is 11.5 Å². The van der Waals surface area contributed by atoms with Gasteiger partial charge in [-0.05, 0) is 44.9 Å². The first-order valence-electron chi connectivity index (χ1n) is 11.5. The largest absolute Gasteiger partial charge is 0.492 e. The molecule has 1 unspecified atom stereocenters. The van der Waals surface area contributed by atoms with Crippen LogP contribution in [0, 0.1) is 5.92 Å². The summed E-state index contributed by atoms with van der Waals surface area (Å²) in [5.74, 6) is 0.199. The molecule has 1 fully saturated rings. The van der Waals surface area contributed by atoms with E-state index in [1.807, 2.05) is 30.9 Å². The van der Waals surface area contributed by atoms with Gasteiger partial charge in [-0.1, -0.05) is 0 Å². The zero-order chi connectivity index (χ0) is 24.7. The predicted molar refractivity (Wildman–Crippen MR) is 121 cm³/mol. The Morgan fingerprint density at radius 3 is 2.71 bits per heavy atom. The lowest BCUT2D eigenvalue weighted by atomic mass is 9.95. The van der Waals surface area contributed by atoms with Gasteiger partial charge in [0.1, 0.15) is 23.4 Å². The molecule has 2 aliphatic rings. The molecule has 0 spiro atoms. The Morgan fingerprint density at radius 2 is 2.00 bits per heavy atom. The van der Waals surface area contributed by atoms with E-state index in [1.165, 1.54) is 6.07 Å². The number of fused-ring (bicyclic) bond motifs is 2. The third-order valence-electron chi connectivity index (χ3n) is 6.25. The number of piperidine rings is 1. The van der Waals surface area contributed by atoms with Gasteiger partial charge in [-0.2, -0.15) is 17.7 Å². The van der Waals surface area contributed by atoms with E-state index in [0.717, 1.165) is 17.7 Å². The zero-order valence-electron chi connectivity index (χ0n) is 19.3. The number of rotatable bonds is 5. The highest BCUT2D eigenvalue weighted by Crippen LogP contribution is 2.38. The summed E-state index contributed by atoms with van der Waals surface area (Å²) in [4.78, 5) is 14.9. The first kappa shape index (κ1) is 23.2. The maximum Gasteiger partial charge on any atom is 0.453 e. The monoisotopic (exact) mass is 490 g/mol. The lowest BCUT2D eigenvalue weighted by Crippen LogP contribution is -2.38. The van der Waals surface area contributed by atoms with Crippen molar-refractivity contribution in [3.05, 3.63) is 35.7 Å². The van der Waals surface area contributed by atoms with Crippen LogP contribution in [0.2, 0.25) is 0 Å². The van der Waals surface area contributed by atoms with Crippen molar-refractivity contribution >= 4 is 23.1 Å². The van der Waals surface area contributed by atoms with E-state index in [-0.39, 0.29) is 23.6 Å². The maximum absolute atomic E-state index is 13.2. The SMILES string of the molecule is CCOc1cc2c(cc1NC(=O)C1CCN(c3ccc4nnc(C(F)(F)F)n4n3)CC1)OC(C)C2. The second-order valence-corrected chi connectivity index (χ2v) is 8.76. The number of aromatic nitrogens is 4. The van der Waals surface area contributed by atoms with Crippen molar-refractivity contribution < 1.29 is 27.4 Å². The van der Waals surface area contributed by atoms with E-state index in [4.69, 9.17) is 9.47 Å². The Bertz CT molecular complexity index is 1250.